The summed E-state index contributed by atoms with van der Waals surface area (Å²) < 4.78 is 9.30. The Balaban J connectivity index is 1.63. The number of nitrogens with zero attached hydrogens (tertiary/aromatic N) is 1. The van der Waals surface area contributed by atoms with E-state index in [1.807, 2.05) is 0 Å². The lowest BCUT2D eigenvalue weighted by Crippen LogP contribution is -2.32. The van der Waals surface area contributed by atoms with E-state index in [0.29, 0.717) is 11.8 Å². The molecule has 7 rings (SSSR count). The SMILES string of the molecule is Cc1c2c(c(CC(C)C)c3ccccc13)Oc1cc3cccc(C4CCCC4)c3c3cc[n+](C)c-2c13. The minimum Gasteiger partial charge on any atom is -0.455 e. The number of ether oxygens (including phenoxy) is 1. The molecule has 0 N–H and O–H groups in total. The second kappa shape index (κ2) is 8.06. The Bertz CT molecular complexity index is 1690. The van der Waals surface area contributed by atoms with Gasteiger partial charge in [0, 0.05) is 17.0 Å². The van der Waals surface area contributed by atoms with E-state index in [1.165, 1.54) is 85.9 Å². The van der Waals surface area contributed by atoms with Crippen LogP contribution in [0.15, 0.2) is 60.8 Å². The molecule has 2 nitrogen and oxygen atoms in total. The zero-order valence-electron chi connectivity index (χ0n) is 21.8. The first-order chi connectivity index (χ1) is 17.5. The molecule has 0 bridgehead atoms. The van der Waals surface area contributed by atoms with Crippen LogP contribution >= 0.6 is 0 Å². The maximum Gasteiger partial charge on any atom is 0.228 e. The molecule has 1 saturated carbocycles. The number of aromatic nitrogens is 1. The van der Waals surface area contributed by atoms with Crippen molar-refractivity contribution in [1.82, 2.24) is 0 Å². The molecule has 180 valence electrons. The molecule has 1 aromatic heterocycles. The smallest absolute Gasteiger partial charge is 0.228 e. The van der Waals surface area contributed by atoms with E-state index < -0.39 is 0 Å². The van der Waals surface area contributed by atoms with Crippen LogP contribution in [-0.4, -0.2) is 0 Å². The number of aryl methyl sites for hydroxylation is 2. The Labute approximate surface area is 213 Å². The second-order valence-electron chi connectivity index (χ2n) is 11.4. The summed E-state index contributed by atoms with van der Waals surface area (Å²) in [5.41, 5.74) is 6.73. The van der Waals surface area contributed by atoms with E-state index in [2.05, 4.69) is 93.2 Å². The average Bonchev–Trinajstić information content (AvgIpc) is 3.42. The van der Waals surface area contributed by atoms with Crippen molar-refractivity contribution in [3.05, 3.63) is 77.5 Å². The summed E-state index contributed by atoms with van der Waals surface area (Å²) in [6.07, 6.45) is 8.56. The third-order valence-electron chi connectivity index (χ3n) is 8.64. The fourth-order valence-corrected chi connectivity index (χ4v) is 7.07. The molecule has 0 spiro atoms. The van der Waals surface area contributed by atoms with Gasteiger partial charge in [-0.05, 0) is 76.8 Å². The summed E-state index contributed by atoms with van der Waals surface area (Å²) in [7, 11) is 2.19. The summed E-state index contributed by atoms with van der Waals surface area (Å²) in [6, 6.07) is 20.4. The van der Waals surface area contributed by atoms with E-state index in [-0.39, 0.29) is 0 Å². The van der Waals surface area contributed by atoms with Crippen molar-refractivity contribution in [1.29, 1.82) is 0 Å². The number of fused-ring (bicyclic) bond motifs is 5. The largest absolute Gasteiger partial charge is 0.455 e. The predicted octanol–water partition coefficient (Wildman–Crippen LogP) is 8.91. The van der Waals surface area contributed by atoms with Crippen molar-refractivity contribution >= 4 is 32.3 Å². The van der Waals surface area contributed by atoms with Gasteiger partial charge in [0.15, 0.2) is 6.20 Å². The monoisotopic (exact) mass is 472 g/mol. The van der Waals surface area contributed by atoms with Crippen LogP contribution in [-0.2, 0) is 13.5 Å². The van der Waals surface area contributed by atoms with Gasteiger partial charge in [-0.25, -0.2) is 4.57 Å². The van der Waals surface area contributed by atoms with Gasteiger partial charge in [-0.1, -0.05) is 69.2 Å². The van der Waals surface area contributed by atoms with E-state index >= 15 is 0 Å². The highest BCUT2D eigenvalue weighted by molar-refractivity contribution is 6.17. The van der Waals surface area contributed by atoms with Crippen LogP contribution in [0.25, 0.3) is 43.6 Å². The molecule has 5 aromatic rings. The molecule has 2 heterocycles. The van der Waals surface area contributed by atoms with Crippen molar-refractivity contribution in [2.45, 2.75) is 58.8 Å². The van der Waals surface area contributed by atoms with Crippen LogP contribution in [0.3, 0.4) is 0 Å². The highest BCUT2D eigenvalue weighted by atomic mass is 16.5. The number of hydrogen-bond donors (Lipinski definition) is 0. The molecule has 2 aliphatic rings. The zero-order chi connectivity index (χ0) is 24.6. The molecule has 0 amide bonds. The quantitative estimate of drug-likeness (QED) is 0.185. The Morgan fingerprint density at radius 3 is 2.47 bits per heavy atom. The van der Waals surface area contributed by atoms with Crippen LogP contribution in [0.4, 0.5) is 0 Å². The van der Waals surface area contributed by atoms with Crippen molar-refractivity contribution in [2.75, 3.05) is 0 Å². The van der Waals surface area contributed by atoms with Crippen molar-refractivity contribution in [2.24, 2.45) is 13.0 Å². The molecule has 2 heteroatoms. The van der Waals surface area contributed by atoms with E-state index in [4.69, 9.17) is 4.74 Å². The van der Waals surface area contributed by atoms with Crippen molar-refractivity contribution in [3.8, 4) is 22.8 Å². The molecule has 1 aliphatic heterocycles. The fraction of sp³-hybridized carbons (Fsp3) is 0.324. The van der Waals surface area contributed by atoms with Gasteiger partial charge in [0.2, 0.25) is 5.69 Å². The number of pyridine rings is 1. The first-order valence-corrected chi connectivity index (χ1v) is 13.6. The predicted molar refractivity (Wildman–Crippen MR) is 150 cm³/mol. The minimum absolute atomic E-state index is 0.542. The highest BCUT2D eigenvalue weighted by Gasteiger charge is 2.34. The second-order valence-corrected chi connectivity index (χ2v) is 11.4. The van der Waals surface area contributed by atoms with Gasteiger partial charge in [0.1, 0.15) is 18.5 Å². The molecule has 0 unspecified atom stereocenters. The summed E-state index contributed by atoms with van der Waals surface area (Å²) in [5.74, 6) is 3.27. The summed E-state index contributed by atoms with van der Waals surface area (Å²) in [5, 5.41) is 7.99. The molecular formula is C34H34NO+. The topological polar surface area (TPSA) is 13.1 Å². The molecule has 1 fully saturated rings. The summed E-state index contributed by atoms with van der Waals surface area (Å²) in [6.45, 7) is 6.88. The fourth-order valence-electron chi connectivity index (χ4n) is 7.07. The van der Waals surface area contributed by atoms with Crippen LogP contribution in [0, 0.1) is 12.8 Å². The van der Waals surface area contributed by atoms with Crippen LogP contribution in [0.2, 0.25) is 0 Å². The maximum absolute atomic E-state index is 6.99. The third-order valence-corrected chi connectivity index (χ3v) is 8.64. The highest BCUT2D eigenvalue weighted by Crippen LogP contribution is 2.53. The van der Waals surface area contributed by atoms with Gasteiger partial charge in [0.05, 0.1) is 10.9 Å². The van der Waals surface area contributed by atoms with E-state index in [1.54, 1.807) is 0 Å². The lowest BCUT2D eigenvalue weighted by Gasteiger charge is -2.27. The first kappa shape index (κ1) is 21.9. The van der Waals surface area contributed by atoms with Gasteiger partial charge in [-0.2, -0.15) is 0 Å². The molecular weight excluding hydrogens is 438 g/mol. The maximum atomic E-state index is 6.99. The number of benzene rings is 4. The van der Waals surface area contributed by atoms with Crippen molar-refractivity contribution in [3.63, 3.8) is 0 Å². The lowest BCUT2D eigenvalue weighted by molar-refractivity contribution is -0.659. The van der Waals surface area contributed by atoms with Gasteiger partial charge >= 0.3 is 0 Å². The van der Waals surface area contributed by atoms with Crippen LogP contribution in [0.1, 0.15) is 62.1 Å². The Morgan fingerprint density at radius 2 is 1.69 bits per heavy atom. The lowest BCUT2D eigenvalue weighted by atomic mass is 9.84. The summed E-state index contributed by atoms with van der Waals surface area (Å²) in [4.78, 5) is 0. The van der Waals surface area contributed by atoms with Gasteiger partial charge in [0.25, 0.3) is 0 Å². The molecule has 1 aliphatic carbocycles. The van der Waals surface area contributed by atoms with Crippen LogP contribution in [0.5, 0.6) is 11.5 Å². The molecule has 0 radical (unpaired) electrons. The molecule has 0 saturated heterocycles. The molecule has 0 atom stereocenters. The molecule has 36 heavy (non-hydrogen) atoms. The van der Waals surface area contributed by atoms with Crippen LogP contribution < -0.4 is 9.30 Å². The first-order valence-electron chi connectivity index (χ1n) is 13.6. The normalized spacial score (nSPS) is 15.2. The summed E-state index contributed by atoms with van der Waals surface area (Å²) >= 11 is 0. The number of rotatable bonds is 3. The average molecular weight is 473 g/mol. The Hall–Kier alpha value is -3.39. The van der Waals surface area contributed by atoms with E-state index in [9.17, 15) is 0 Å². The standard InChI is InChI=1S/C34H34NO/c1-20(2)18-28-26-14-8-7-13-24(26)21(3)30-33-32-27(16-17-35(33)4)31-23(19-29(32)36-34(28)30)12-9-15-25(31)22-10-5-6-11-22/h7-9,12-17,19-20,22H,5-6,10-11,18H2,1-4H3/q+1. The van der Waals surface area contributed by atoms with Crippen molar-refractivity contribution < 1.29 is 9.30 Å². The Kier molecular flexibility index (Phi) is 4.90. The van der Waals surface area contributed by atoms with E-state index in [0.717, 1.165) is 17.9 Å². The number of hydrogen-bond acceptors (Lipinski definition) is 1. The zero-order valence-corrected chi connectivity index (χ0v) is 21.8. The molecule has 4 aromatic carbocycles. The Morgan fingerprint density at radius 1 is 0.917 bits per heavy atom. The minimum atomic E-state index is 0.542. The van der Waals surface area contributed by atoms with Gasteiger partial charge in [-0.3, -0.25) is 0 Å². The van der Waals surface area contributed by atoms with Gasteiger partial charge in [-0.15, -0.1) is 0 Å². The third kappa shape index (κ3) is 3.06. The van der Waals surface area contributed by atoms with Gasteiger partial charge < -0.3 is 4.74 Å².